The largest absolute Gasteiger partial charge is 0.369 e. The van der Waals surface area contributed by atoms with Crippen LogP contribution >= 0.6 is 22.9 Å². The number of carbonyl (C=O) groups is 2. The molecule has 0 radical (unpaired) electrons. The number of thiophene rings is 1. The van der Waals surface area contributed by atoms with Crippen LogP contribution in [0.25, 0.3) is 10.2 Å². The van der Waals surface area contributed by atoms with Gasteiger partial charge in [-0.3, -0.25) is 19.0 Å². The molecule has 2 aliphatic carbocycles. The van der Waals surface area contributed by atoms with Gasteiger partial charge in [-0.2, -0.15) is 0 Å². The number of aromatic nitrogens is 3. The molecule has 1 spiro atoms. The van der Waals surface area contributed by atoms with Crippen LogP contribution in [0.15, 0.2) is 17.2 Å². The summed E-state index contributed by atoms with van der Waals surface area (Å²) in [4.78, 5) is 48.8. The van der Waals surface area contributed by atoms with Gasteiger partial charge >= 0.3 is 0 Å². The predicted molar refractivity (Wildman–Crippen MR) is 127 cm³/mol. The van der Waals surface area contributed by atoms with E-state index in [0.29, 0.717) is 42.9 Å². The quantitative estimate of drug-likeness (QED) is 0.586. The number of amides is 1. The van der Waals surface area contributed by atoms with Crippen LogP contribution in [-0.4, -0.2) is 26.2 Å². The lowest BCUT2D eigenvalue weighted by molar-refractivity contribution is -0.122. The molecule has 3 N–H and O–H groups in total. The molecule has 0 saturated heterocycles. The summed E-state index contributed by atoms with van der Waals surface area (Å²) in [5.74, 6) is 0.0217. The summed E-state index contributed by atoms with van der Waals surface area (Å²) in [6, 6.07) is 1.54. The molecule has 3 aromatic heterocycles. The van der Waals surface area contributed by atoms with Crippen molar-refractivity contribution in [3.8, 4) is 0 Å². The molecule has 8 nitrogen and oxygen atoms in total. The standard InChI is InChI=1S/C23H22ClN5O3S/c24-13-8-14(22(32)29-18(13)15(30)9-23(29)5-1-2-6-23)28-20-17-12-4-3-11(19(25)31)7-16(12)33-21(17)27-10-26-20/h8,10-11H,1-7,9H2,(H2,25,31)(H,26,27,28)/t11-/m0/s1. The first kappa shape index (κ1) is 20.8. The molecule has 1 atom stereocenters. The number of carbonyl (C=O) groups excluding carboxylic acids is 2. The van der Waals surface area contributed by atoms with Crippen molar-refractivity contribution in [1.82, 2.24) is 14.5 Å². The molecular formula is C23H22ClN5O3S. The third kappa shape index (κ3) is 3.05. The summed E-state index contributed by atoms with van der Waals surface area (Å²) >= 11 is 8.07. The van der Waals surface area contributed by atoms with E-state index in [2.05, 4.69) is 15.3 Å². The van der Waals surface area contributed by atoms with Crippen LogP contribution in [0.5, 0.6) is 0 Å². The van der Waals surface area contributed by atoms with Gasteiger partial charge in [-0.05, 0) is 43.7 Å². The predicted octanol–water partition coefficient (Wildman–Crippen LogP) is 3.70. The molecule has 33 heavy (non-hydrogen) atoms. The van der Waals surface area contributed by atoms with Crippen molar-refractivity contribution in [1.29, 1.82) is 0 Å². The molecule has 170 valence electrons. The number of Topliss-reactive ketones (excluding diaryl/α,β-unsaturated/α-hetero) is 1. The number of nitrogens with two attached hydrogens (primary N) is 1. The van der Waals surface area contributed by atoms with E-state index < -0.39 is 5.54 Å². The molecule has 1 amide bonds. The van der Waals surface area contributed by atoms with Gasteiger partial charge in [-0.15, -0.1) is 11.3 Å². The summed E-state index contributed by atoms with van der Waals surface area (Å²) in [5, 5.41) is 4.37. The van der Waals surface area contributed by atoms with Gasteiger partial charge in [0.1, 0.15) is 28.4 Å². The van der Waals surface area contributed by atoms with Crippen molar-refractivity contribution in [2.75, 3.05) is 5.32 Å². The third-order valence-electron chi connectivity index (χ3n) is 7.42. The molecular weight excluding hydrogens is 462 g/mol. The number of hydrogen-bond acceptors (Lipinski definition) is 7. The third-order valence-corrected chi connectivity index (χ3v) is 8.87. The van der Waals surface area contributed by atoms with Crippen molar-refractivity contribution in [3.05, 3.63) is 43.9 Å². The van der Waals surface area contributed by atoms with Crippen LogP contribution in [0, 0.1) is 5.92 Å². The second-order valence-electron chi connectivity index (χ2n) is 9.30. The van der Waals surface area contributed by atoms with E-state index in [1.807, 2.05) is 0 Å². The first-order chi connectivity index (χ1) is 15.9. The Bertz CT molecular complexity index is 1410. The summed E-state index contributed by atoms with van der Waals surface area (Å²) < 4.78 is 1.64. The number of rotatable bonds is 3. The maximum atomic E-state index is 13.6. The molecule has 3 aromatic rings. The highest BCUT2D eigenvalue weighted by atomic mass is 35.5. The van der Waals surface area contributed by atoms with Gasteiger partial charge in [-0.25, -0.2) is 9.97 Å². The Labute approximate surface area is 198 Å². The number of halogens is 1. The van der Waals surface area contributed by atoms with Crippen LogP contribution in [-0.2, 0) is 23.2 Å². The summed E-state index contributed by atoms with van der Waals surface area (Å²) in [6.45, 7) is 0. The van der Waals surface area contributed by atoms with E-state index in [-0.39, 0.29) is 28.2 Å². The topological polar surface area (TPSA) is 120 Å². The number of aryl methyl sites for hydroxylation is 1. The van der Waals surface area contributed by atoms with Crippen LogP contribution in [0.1, 0.15) is 59.5 Å². The van der Waals surface area contributed by atoms with Crippen molar-refractivity contribution < 1.29 is 9.59 Å². The maximum absolute atomic E-state index is 13.6. The molecule has 10 heteroatoms. The van der Waals surface area contributed by atoms with E-state index >= 15 is 0 Å². The van der Waals surface area contributed by atoms with E-state index in [4.69, 9.17) is 17.3 Å². The lowest BCUT2D eigenvalue weighted by Gasteiger charge is -2.26. The smallest absolute Gasteiger partial charge is 0.275 e. The van der Waals surface area contributed by atoms with Gasteiger partial charge in [0.05, 0.1) is 15.9 Å². The molecule has 0 unspecified atom stereocenters. The highest BCUT2D eigenvalue weighted by Gasteiger charge is 2.47. The van der Waals surface area contributed by atoms with Gasteiger partial charge in [0.15, 0.2) is 5.78 Å². The second-order valence-corrected chi connectivity index (χ2v) is 10.8. The minimum atomic E-state index is -0.461. The average Bonchev–Trinajstić information content (AvgIpc) is 3.47. The fourth-order valence-electron chi connectivity index (χ4n) is 5.86. The van der Waals surface area contributed by atoms with E-state index in [9.17, 15) is 14.4 Å². The maximum Gasteiger partial charge on any atom is 0.275 e. The fourth-order valence-corrected chi connectivity index (χ4v) is 7.42. The minimum absolute atomic E-state index is 0.0640. The molecule has 6 rings (SSSR count). The normalized spacial score (nSPS) is 20.9. The minimum Gasteiger partial charge on any atom is -0.369 e. The molecule has 1 aliphatic heterocycles. The van der Waals surface area contributed by atoms with Crippen molar-refractivity contribution in [2.24, 2.45) is 11.7 Å². The molecule has 0 aromatic carbocycles. The van der Waals surface area contributed by atoms with Crippen molar-refractivity contribution in [2.45, 2.75) is 56.9 Å². The number of fused-ring (bicyclic) bond motifs is 5. The molecule has 1 fully saturated rings. The Hall–Kier alpha value is -2.78. The zero-order valence-corrected chi connectivity index (χ0v) is 19.4. The number of hydrogen-bond donors (Lipinski definition) is 2. The first-order valence-corrected chi connectivity index (χ1v) is 12.4. The van der Waals surface area contributed by atoms with Gasteiger partial charge in [0.2, 0.25) is 5.91 Å². The zero-order chi connectivity index (χ0) is 22.9. The Balaban J connectivity index is 1.46. The van der Waals surface area contributed by atoms with Crippen LogP contribution in [0.3, 0.4) is 0 Å². The number of nitrogens with one attached hydrogen (secondary N) is 1. The molecule has 4 heterocycles. The highest BCUT2D eigenvalue weighted by molar-refractivity contribution is 7.19. The SMILES string of the molecule is NC(=O)[C@H]1CCc2c(sc3ncnc(Nc4cc(Cl)c5n(c4=O)C4(CCCC4)CC5=O)c23)C1. The van der Waals surface area contributed by atoms with E-state index in [1.54, 1.807) is 4.57 Å². The Morgan fingerprint density at radius 2 is 2.06 bits per heavy atom. The molecule has 3 aliphatic rings. The molecule has 1 saturated carbocycles. The Morgan fingerprint density at radius 1 is 1.27 bits per heavy atom. The second kappa shape index (κ2) is 7.36. The Kier molecular flexibility index (Phi) is 4.64. The van der Waals surface area contributed by atoms with E-state index in [1.165, 1.54) is 23.7 Å². The first-order valence-electron chi connectivity index (χ1n) is 11.2. The molecule has 0 bridgehead atoms. The number of primary amides is 1. The van der Waals surface area contributed by atoms with E-state index in [0.717, 1.165) is 46.3 Å². The monoisotopic (exact) mass is 483 g/mol. The summed E-state index contributed by atoms with van der Waals surface area (Å²) in [5.41, 5.74) is 6.56. The average molecular weight is 484 g/mol. The number of anilines is 2. The fraction of sp³-hybridized carbons (Fsp3) is 0.435. The summed E-state index contributed by atoms with van der Waals surface area (Å²) in [7, 11) is 0. The van der Waals surface area contributed by atoms with Crippen molar-refractivity contribution in [3.63, 3.8) is 0 Å². The lowest BCUT2D eigenvalue weighted by atomic mass is 9.87. The Morgan fingerprint density at radius 3 is 2.82 bits per heavy atom. The van der Waals surface area contributed by atoms with Crippen LogP contribution in [0.4, 0.5) is 11.5 Å². The van der Waals surface area contributed by atoms with Gasteiger partial charge in [-0.1, -0.05) is 24.4 Å². The van der Waals surface area contributed by atoms with Crippen molar-refractivity contribution >= 4 is 56.4 Å². The van der Waals surface area contributed by atoms with Crippen LogP contribution < -0.4 is 16.6 Å². The summed E-state index contributed by atoms with van der Waals surface area (Å²) in [6.07, 6.45) is 7.39. The van der Waals surface area contributed by atoms with Crippen LogP contribution in [0.2, 0.25) is 5.02 Å². The van der Waals surface area contributed by atoms with Gasteiger partial charge in [0.25, 0.3) is 5.56 Å². The van der Waals surface area contributed by atoms with Gasteiger partial charge in [0, 0.05) is 17.2 Å². The number of pyridine rings is 1. The lowest BCUT2D eigenvalue weighted by Crippen LogP contribution is -2.37. The number of nitrogens with zero attached hydrogens (tertiary/aromatic N) is 3. The zero-order valence-electron chi connectivity index (χ0n) is 17.8. The van der Waals surface area contributed by atoms with Gasteiger partial charge < -0.3 is 11.1 Å². The highest BCUT2D eigenvalue weighted by Crippen LogP contribution is 2.46. The number of ketones is 1.